The zero-order valence-electron chi connectivity index (χ0n) is 19.0. The maximum absolute atomic E-state index is 13.4. The fourth-order valence-corrected chi connectivity index (χ4v) is 5.01. The molecule has 0 radical (unpaired) electrons. The molecule has 34 heavy (non-hydrogen) atoms. The molecule has 0 atom stereocenters. The van der Waals surface area contributed by atoms with Crippen molar-refractivity contribution in [2.75, 3.05) is 38.2 Å². The number of benzene rings is 2. The summed E-state index contributed by atoms with van der Waals surface area (Å²) in [6, 6.07) is 15.6. The molecule has 2 heterocycles. The van der Waals surface area contributed by atoms with Gasteiger partial charge >= 0.3 is 0 Å². The van der Waals surface area contributed by atoms with Crippen LogP contribution in [0, 0.1) is 12.7 Å². The summed E-state index contributed by atoms with van der Waals surface area (Å²) in [4.78, 5) is 28.9. The number of rotatable bonds is 8. The zero-order chi connectivity index (χ0) is 23.9. The first-order valence-electron chi connectivity index (χ1n) is 11.3. The largest absolute Gasteiger partial charge is 0.494 e. The van der Waals surface area contributed by atoms with E-state index in [9.17, 15) is 14.0 Å². The molecule has 2 amide bonds. The lowest BCUT2D eigenvalue weighted by molar-refractivity contribution is -0.116. The third-order valence-electron chi connectivity index (χ3n) is 5.58. The fourth-order valence-electron chi connectivity index (χ4n) is 3.79. The third kappa shape index (κ3) is 5.81. The lowest BCUT2D eigenvalue weighted by Gasteiger charge is -2.27. The van der Waals surface area contributed by atoms with Crippen LogP contribution in [0.4, 0.5) is 9.39 Å². The zero-order valence-corrected chi connectivity index (χ0v) is 19.8. The molecule has 1 fully saturated rings. The van der Waals surface area contributed by atoms with Gasteiger partial charge in [-0.2, -0.15) is 0 Å². The summed E-state index contributed by atoms with van der Waals surface area (Å²) in [6.45, 7) is 4.34. The molecule has 1 aromatic heterocycles. The Morgan fingerprint density at radius 1 is 1.09 bits per heavy atom. The highest BCUT2D eigenvalue weighted by atomic mass is 32.1. The quantitative estimate of drug-likeness (QED) is 0.452. The van der Waals surface area contributed by atoms with Crippen LogP contribution in [0.2, 0.25) is 0 Å². The van der Waals surface area contributed by atoms with Gasteiger partial charge in [-0.05, 0) is 48.7 Å². The van der Waals surface area contributed by atoms with Gasteiger partial charge in [0.2, 0.25) is 5.91 Å². The van der Waals surface area contributed by atoms with E-state index in [2.05, 4.69) is 5.32 Å². The molecular weight excluding hydrogens is 455 g/mol. The average Bonchev–Trinajstić information content (AvgIpc) is 3.19. The van der Waals surface area contributed by atoms with Crippen molar-refractivity contribution >= 4 is 28.2 Å². The van der Waals surface area contributed by atoms with E-state index in [1.807, 2.05) is 37.3 Å². The molecule has 0 unspecified atom stereocenters. The molecule has 6 nitrogen and oxygen atoms in total. The highest BCUT2D eigenvalue weighted by Gasteiger charge is 2.27. The summed E-state index contributed by atoms with van der Waals surface area (Å²) < 4.78 is 23.9. The van der Waals surface area contributed by atoms with Crippen LogP contribution in [0.15, 0.2) is 54.6 Å². The van der Waals surface area contributed by atoms with E-state index >= 15 is 0 Å². The number of nitrogens with one attached hydrogen (secondary N) is 1. The molecule has 8 heteroatoms. The van der Waals surface area contributed by atoms with Gasteiger partial charge in [-0.25, -0.2) is 4.39 Å². The van der Waals surface area contributed by atoms with E-state index in [0.717, 1.165) is 16.0 Å². The first-order valence-corrected chi connectivity index (χ1v) is 12.1. The second-order valence-electron chi connectivity index (χ2n) is 7.99. The minimum absolute atomic E-state index is 0.0887. The topological polar surface area (TPSA) is 67.9 Å². The summed E-state index contributed by atoms with van der Waals surface area (Å²) in [5.74, 6) is -0.0365. The molecule has 3 aromatic rings. The highest BCUT2D eigenvalue weighted by molar-refractivity contribution is 7.20. The predicted molar refractivity (Wildman–Crippen MR) is 131 cm³/mol. The van der Waals surface area contributed by atoms with Crippen LogP contribution in [-0.4, -0.2) is 49.6 Å². The second-order valence-corrected chi connectivity index (χ2v) is 9.01. The second kappa shape index (κ2) is 11.3. The Morgan fingerprint density at radius 2 is 1.79 bits per heavy atom. The number of hydrogen-bond donors (Lipinski definition) is 1. The number of amides is 2. The Labute approximate surface area is 202 Å². The molecule has 1 aliphatic heterocycles. The Morgan fingerprint density at radius 3 is 2.50 bits per heavy atom. The summed E-state index contributed by atoms with van der Waals surface area (Å²) in [6.07, 6.45) is 0.732. The number of thiophene rings is 1. The van der Waals surface area contributed by atoms with Gasteiger partial charge in [0.05, 0.1) is 25.4 Å². The van der Waals surface area contributed by atoms with Crippen LogP contribution in [0.25, 0.3) is 10.4 Å². The van der Waals surface area contributed by atoms with Crippen molar-refractivity contribution in [3.63, 3.8) is 0 Å². The van der Waals surface area contributed by atoms with Crippen molar-refractivity contribution in [2.24, 2.45) is 0 Å². The molecule has 178 valence electrons. The van der Waals surface area contributed by atoms with E-state index in [1.165, 1.54) is 23.5 Å². The number of morpholine rings is 1. The Bertz CT molecular complexity index is 1130. The summed E-state index contributed by atoms with van der Waals surface area (Å²) in [7, 11) is 0. The monoisotopic (exact) mass is 482 g/mol. The number of ether oxygens (including phenoxy) is 2. The van der Waals surface area contributed by atoms with Gasteiger partial charge in [0.25, 0.3) is 5.91 Å². The molecule has 4 rings (SSSR count). The van der Waals surface area contributed by atoms with Crippen LogP contribution in [0.5, 0.6) is 5.75 Å². The van der Waals surface area contributed by atoms with Crippen molar-refractivity contribution in [3.8, 4) is 16.2 Å². The SMILES string of the molecule is Cc1c(-c2ccccc2)sc(NC(=O)CCCOc2ccc(F)cc2)c1C(=O)N1CCOCC1. The van der Waals surface area contributed by atoms with Crippen molar-refractivity contribution < 1.29 is 23.5 Å². The van der Waals surface area contributed by atoms with Crippen molar-refractivity contribution in [3.05, 3.63) is 71.5 Å². The van der Waals surface area contributed by atoms with Gasteiger partial charge in [-0.15, -0.1) is 11.3 Å². The lowest BCUT2D eigenvalue weighted by Crippen LogP contribution is -2.41. The van der Waals surface area contributed by atoms with Gasteiger partial charge in [0.15, 0.2) is 0 Å². The van der Waals surface area contributed by atoms with E-state index in [1.54, 1.807) is 17.0 Å². The number of halogens is 1. The molecule has 1 aliphatic rings. The number of anilines is 1. The minimum atomic E-state index is -0.324. The molecule has 0 bridgehead atoms. The average molecular weight is 483 g/mol. The van der Waals surface area contributed by atoms with Gasteiger partial charge in [-0.1, -0.05) is 30.3 Å². The van der Waals surface area contributed by atoms with Crippen LogP contribution in [-0.2, 0) is 9.53 Å². The first-order chi connectivity index (χ1) is 16.5. The van der Waals surface area contributed by atoms with Gasteiger partial charge < -0.3 is 19.7 Å². The molecule has 2 aromatic carbocycles. The molecule has 1 saturated heterocycles. The summed E-state index contributed by atoms with van der Waals surface area (Å²) in [5, 5.41) is 3.53. The van der Waals surface area contributed by atoms with E-state index in [4.69, 9.17) is 9.47 Å². The Balaban J connectivity index is 1.46. The van der Waals surface area contributed by atoms with Crippen molar-refractivity contribution in [1.82, 2.24) is 4.90 Å². The Kier molecular flexibility index (Phi) is 7.92. The number of carbonyl (C=O) groups is 2. The highest BCUT2D eigenvalue weighted by Crippen LogP contribution is 2.40. The number of carbonyl (C=O) groups excluding carboxylic acids is 2. The molecule has 0 saturated carbocycles. The van der Waals surface area contributed by atoms with Crippen molar-refractivity contribution in [2.45, 2.75) is 19.8 Å². The summed E-state index contributed by atoms with van der Waals surface area (Å²) >= 11 is 1.42. The minimum Gasteiger partial charge on any atom is -0.494 e. The standard InChI is InChI=1S/C26H27FN2O4S/c1-18-23(26(31)29-13-16-32-17-14-29)25(34-24(18)19-6-3-2-4-7-19)28-22(30)8-5-15-33-21-11-9-20(27)10-12-21/h2-4,6-7,9-12H,5,8,13-17H2,1H3,(H,28,30). The maximum Gasteiger partial charge on any atom is 0.257 e. The predicted octanol–water partition coefficient (Wildman–Crippen LogP) is 5.13. The van der Waals surface area contributed by atoms with Crippen LogP contribution < -0.4 is 10.1 Å². The Hall–Kier alpha value is -3.23. The lowest BCUT2D eigenvalue weighted by atomic mass is 10.1. The van der Waals surface area contributed by atoms with Crippen molar-refractivity contribution in [1.29, 1.82) is 0 Å². The normalized spacial score (nSPS) is 13.5. The van der Waals surface area contributed by atoms with E-state index in [-0.39, 0.29) is 24.1 Å². The molecule has 0 spiro atoms. The van der Waals surface area contributed by atoms with E-state index in [0.29, 0.717) is 55.6 Å². The van der Waals surface area contributed by atoms with E-state index < -0.39 is 0 Å². The van der Waals surface area contributed by atoms with Gasteiger partial charge in [-0.3, -0.25) is 9.59 Å². The van der Waals surface area contributed by atoms with Crippen LogP contribution in [0.1, 0.15) is 28.8 Å². The van der Waals surface area contributed by atoms with Crippen LogP contribution in [0.3, 0.4) is 0 Å². The number of hydrogen-bond acceptors (Lipinski definition) is 5. The van der Waals surface area contributed by atoms with Crippen LogP contribution >= 0.6 is 11.3 Å². The van der Waals surface area contributed by atoms with Gasteiger partial charge in [0, 0.05) is 24.4 Å². The fraction of sp³-hybridized carbons (Fsp3) is 0.308. The summed E-state index contributed by atoms with van der Waals surface area (Å²) in [5.41, 5.74) is 2.42. The maximum atomic E-state index is 13.4. The third-order valence-corrected chi connectivity index (χ3v) is 6.83. The molecular formula is C26H27FN2O4S. The smallest absolute Gasteiger partial charge is 0.257 e. The molecule has 1 N–H and O–H groups in total. The molecule has 0 aliphatic carbocycles. The first kappa shape index (κ1) is 23.9. The number of nitrogens with zero attached hydrogens (tertiary/aromatic N) is 1. The van der Waals surface area contributed by atoms with Gasteiger partial charge in [0.1, 0.15) is 16.6 Å².